The molecule has 6 heteroatoms. The molecule has 94 valence electrons. The summed E-state index contributed by atoms with van der Waals surface area (Å²) < 4.78 is 18.3. The SMILES string of the molecule is O=[N+]([O-])c1ccc(F)cc1OCCc1ccsc1. The van der Waals surface area contributed by atoms with E-state index in [0.29, 0.717) is 6.42 Å². The number of hydrogen-bond acceptors (Lipinski definition) is 4. The Bertz CT molecular complexity index is 542. The van der Waals surface area contributed by atoms with E-state index >= 15 is 0 Å². The highest BCUT2D eigenvalue weighted by Crippen LogP contribution is 2.27. The lowest BCUT2D eigenvalue weighted by Crippen LogP contribution is -2.03. The van der Waals surface area contributed by atoms with Gasteiger partial charge in [-0.3, -0.25) is 10.1 Å². The van der Waals surface area contributed by atoms with E-state index in [1.54, 1.807) is 11.3 Å². The average Bonchev–Trinajstić information content (AvgIpc) is 2.82. The van der Waals surface area contributed by atoms with Crippen LogP contribution in [0.3, 0.4) is 0 Å². The molecule has 2 aromatic rings. The second-order valence-corrected chi connectivity index (χ2v) is 4.38. The Morgan fingerprint density at radius 3 is 2.89 bits per heavy atom. The van der Waals surface area contributed by atoms with Crippen LogP contribution in [0.2, 0.25) is 0 Å². The molecule has 0 fully saturated rings. The van der Waals surface area contributed by atoms with Gasteiger partial charge >= 0.3 is 5.69 Å². The van der Waals surface area contributed by atoms with Gasteiger partial charge in [0.15, 0.2) is 5.75 Å². The highest BCUT2D eigenvalue weighted by Gasteiger charge is 2.15. The minimum Gasteiger partial charge on any atom is -0.486 e. The third-order valence-electron chi connectivity index (χ3n) is 2.35. The third-order valence-corrected chi connectivity index (χ3v) is 3.08. The van der Waals surface area contributed by atoms with Crippen molar-refractivity contribution in [2.45, 2.75) is 6.42 Å². The van der Waals surface area contributed by atoms with E-state index in [4.69, 9.17) is 4.74 Å². The molecule has 1 heterocycles. The largest absolute Gasteiger partial charge is 0.486 e. The Morgan fingerprint density at radius 1 is 1.39 bits per heavy atom. The van der Waals surface area contributed by atoms with Gasteiger partial charge in [0.1, 0.15) is 5.82 Å². The average molecular weight is 267 g/mol. The molecule has 0 aliphatic rings. The summed E-state index contributed by atoms with van der Waals surface area (Å²) in [4.78, 5) is 10.1. The molecule has 0 saturated heterocycles. The number of thiophene rings is 1. The zero-order valence-electron chi connectivity index (χ0n) is 9.34. The second-order valence-electron chi connectivity index (χ2n) is 3.60. The van der Waals surface area contributed by atoms with E-state index < -0.39 is 10.7 Å². The third kappa shape index (κ3) is 3.04. The van der Waals surface area contributed by atoms with Gasteiger partial charge in [0.2, 0.25) is 0 Å². The maximum atomic E-state index is 13.0. The van der Waals surface area contributed by atoms with Gasteiger partial charge < -0.3 is 4.74 Å². The van der Waals surface area contributed by atoms with Crippen LogP contribution >= 0.6 is 11.3 Å². The van der Waals surface area contributed by atoms with Gasteiger partial charge in [-0.15, -0.1) is 0 Å². The zero-order chi connectivity index (χ0) is 13.0. The Kier molecular flexibility index (Phi) is 3.88. The summed E-state index contributed by atoms with van der Waals surface area (Å²) in [6.45, 7) is 0.279. The summed E-state index contributed by atoms with van der Waals surface area (Å²) in [5.74, 6) is -0.582. The van der Waals surface area contributed by atoms with Crippen LogP contribution in [0.1, 0.15) is 5.56 Å². The van der Waals surface area contributed by atoms with Crippen molar-refractivity contribution in [3.63, 3.8) is 0 Å². The normalized spacial score (nSPS) is 10.3. The molecule has 0 amide bonds. The first-order valence-electron chi connectivity index (χ1n) is 5.24. The van der Waals surface area contributed by atoms with Gasteiger partial charge in [0, 0.05) is 18.6 Å². The number of hydrogen-bond donors (Lipinski definition) is 0. The quantitative estimate of drug-likeness (QED) is 0.616. The van der Waals surface area contributed by atoms with Crippen LogP contribution in [0, 0.1) is 15.9 Å². The molecule has 0 N–H and O–H groups in total. The van der Waals surface area contributed by atoms with Crippen LogP contribution in [0.5, 0.6) is 5.75 Å². The van der Waals surface area contributed by atoms with Gasteiger partial charge in [0.05, 0.1) is 11.5 Å². The minimum absolute atomic E-state index is 0.0322. The van der Waals surface area contributed by atoms with Crippen LogP contribution in [0.4, 0.5) is 10.1 Å². The lowest BCUT2D eigenvalue weighted by Gasteiger charge is -2.06. The number of halogens is 1. The van der Waals surface area contributed by atoms with Crippen molar-refractivity contribution in [2.75, 3.05) is 6.61 Å². The van der Waals surface area contributed by atoms with Crippen LogP contribution in [-0.4, -0.2) is 11.5 Å². The predicted octanol–water partition coefficient (Wildman–Crippen LogP) is 3.42. The van der Waals surface area contributed by atoms with E-state index in [2.05, 4.69) is 0 Å². The Labute approximate surface area is 107 Å². The van der Waals surface area contributed by atoms with Crippen LogP contribution in [0.25, 0.3) is 0 Å². The number of ether oxygens (including phenoxy) is 1. The molecule has 0 spiro atoms. The minimum atomic E-state index is -0.584. The van der Waals surface area contributed by atoms with Gasteiger partial charge in [-0.25, -0.2) is 4.39 Å². The lowest BCUT2D eigenvalue weighted by molar-refractivity contribution is -0.385. The maximum absolute atomic E-state index is 13.0. The molecule has 0 radical (unpaired) electrons. The molecule has 1 aromatic heterocycles. The standard InChI is InChI=1S/C12H10FNO3S/c13-10-1-2-11(14(15)16)12(7-10)17-5-3-9-4-6-18-8-9/h1-2,4,6-8H,3,5H2. The highest BCUT2D eigenvalue weighted by molar-refractivity contribution is 7.07. The smallest absolute Gasteiger partial charge is 0.311 e. The predicted molar refractivity (Wildman–Crippen MR) is 66.6 cm³/mol. The maximum Gasteiger partial charge on any atom is 0.311 e. The van der Waals surface area contributed by atoms with Crippen LogP contribution < -0.4 is 4.74 Å². The van der Waals surface area contributed by atoms with Crippen molar-refractivity contribution in [2.24, 2.45) is 0 Å². The molecule has 18 heavy (non-hydrogen) atoms. The number of benzene rings is 1. The van der Waals surface area contributed by atoms with Crippen molar-refractivity contribution >= 4 is 17.0 Å². The van der Waals surface area contributed by atoms with Crippen LogP contribution in [0.15, 0.2) is 35.0 Å². The topological polar surface area (TPSA) is 52.4 Å². The summed E-state index contributed by atoms with van der Waals surface area (Å²) in [5.41, 5.74) is 0.876. The van der Waals surface area contributed by atoms with Gasteiger partial charge in [-0.1, -0.05) is 0 Å². The number of rotatable bonds is 5. The van der Waals surface area contributed by atoms with Crippen molar-refractivity contribution in [1.29, 1.82) is 0 Å². The molecule has 0 bridgehead atoms. The summed E-state index contributed by atoms with van der Waals surface area (Å²) in [7, 11) is 0. The molecule has 0 unspecified atom stereocenters. The molecule has 0 aliphatic carbocycles. The molecule has 0 aliphatic heterocycles. The number of nitro benzene ring substituents is 1. The van der Waals surface area contributed by atoms with Gasteiger partial charge in [-0.05, 0) is 28.5 Å². The molecular weight excluding hydrogens is 257 g/mol. The summed E-state index contributed by atoms with van der Waals surface area (Å²) in [5, 5.41) is 14.6. The first-order chi connectivity index (χ1) is 8.66. The molecule has 4 nitrogen and oxygen atoms in total. The molecular formula is C12H10FNO3S. The Hall–Kier alpha value is -1.95. The summed E-state index contributed by atoms with van der Waals surface area (Å²) in [6, 6.07) is 5.14. The van der Waals surface area contributed by atoms with E-state index in [-0.39, 0.29) is 18.0 Å². The van der Waals surface area contributed by atoms with Crippen molar-refractivity contribution in [1.82, 2.24) is 0 Å². The number of nitrogens with zero attached hydrogens (tertiary/aromatic N) is 1. The molecule has 2 rings (SSSR count). The first-order valence-corrected chi connectivity index (χ1v) is 6.19. The second kappa shape index (κ2) is 5.59. The fourth-order valence-corrected chi connectivity index (χ4v) is 2.17. The van der Waals surface area contributed by atoms with E-state index in [1.165, 1.54) is 0 Å². The monoisotopic (exact) mass is 267 g/mol. The highest BCUT2D eigenvalue weighted by atomic mass is 32.1. The van der Waals surface area contributed by atoms with Gasteiger partial charge in [-0.2, -0.15) is 11.3 Å². The van der Waals surface area contributed by atoms with Gasteiger partial charge in [0.25, 0.3) is 0 Å². The number of nitro groups is 1. The summed E-state index contributed by atoms with van der Waals surface area (Å²) >= 11 is 1.57. The Balaban J connectivity index is 2.03. The van der Waals surface area contributed by atoms with E-state index in [9.17, 15) is 14.5 Å². The lowest BCUT2D eigenvalue weighted by atomic mass is 10.2. The van der Waals surface area contributed by atoms with Crippen molar-refractivity contribution in [3.8, 4) is 5.75 Å². The van der Waals surface area contributed by atoms with E-state index in [0.717, 1.165) is 23.8 Å². The Morgan fingerprint density at radius 2 is 2.22 bits per heavy atom. The fourth-order valence-electron chi connectivity index (χ4n) is 1.47. The molecule has 0 saturated carbocycles. The van der Waals surface area contributed by atoms with Crippen molar-refractivity contribution < 1.29 is 14.1 Å². The first kappa shape index (κ1) is 12.5. The zero-order valence-corrected chi connectivity index (χ0v) is 10.2. The van der Waals surface area contributed by atoms with E-state index in [1.807, 2.05) is 16.8 Å². The summed E-state index contributed by atoms with van der Waals surface area (Å²) in [6.07, 6.45) is 0.636. The van der Waals surface area contributed by atoms with Crippen molar-refractivity contribution in [3.05, 3.63) is 56.5 Å². The molecule has 1 aromatic carbocycles. The van der Waals surface area contributed by atoms with Crippen LogP contribution in [-0.2, 0) is 6.42 Å². The molecule has 0 atom stereocenters. The fraction of sp³-hybridized carbons (Fsp3) is 0.167.